The zero-order valence-corrected chi connectivity index (χ0v) is 16.5. The van der Waals surface area contributed by atoms with Gasteiger partial charge in [0.25, 0.3) is 0 Å². The van der Waals surface area contributed by atoms with Gasteiger partial charge in [0, 0.05) is 16.9 Å². The predicted octanol–water partition coefficient (Wildman–Crippen LogP) is 3.33. The highest BCUT2D eigenvalue weighted by molar-refractivity contribution is 7.14. The van der Waals surface area contributed by atoms with Crippen LogP contribution in [0, 0.1) is 11.3 Å². The minimum Gasteiger partial charge on any atom is -0.486 e. The van der Waals surface area contributed by atoms with Gasteiger partial charge in [-0.15, -0.1) is 23.7 Å². The number of hydrogen-bond donors (Lipinski definition) is 2. The lowest BCUT2D eigenvalue weighted by atomic mass is 9.92. The monoisotopic (exact) mass is 407 g/mol. The first-order chi connectivity index (χ1) is 12.7. The van der Waals surface area contributed by atoms with Crippen LogP contribution >= 0.6 is 23.7 Å². The molecule has 2 aliphatic heterocycles. The minimum absolute atomic E-state index is 0. The van der Waals surface area contributed by atoms with E-state index >= 15 is 0 Å². The second-order valence-corrected chi connectivity index (χ2v) is 8.11. The molecule has 1 aromatic carbocycles. The summed E-state index contributed by atoms with van der Waals surface area (Å²) in [7, 11) is 0. The molecule has 144 valence electrons. The summed E-state index contributed by atoms with van der Waals surface area (Å²) in [5.74, 6) is 1.78. The van der Waals surface area contributed by atoms with Crippen molar-refractivity contribution in [2.75, 3.05) is 31.6 Å². The molecule has 6 nitrogen and oxygen atoms in total. The first kappa shape index (κ1) is 18.5. The molecule has 3 aliphatic rings. The molecule has 0 radical (unpaired) electrons. The highest BCUT2D eigenvalue weighted by Crippen LogP contribution is 2.58. The smallest absolute Gasteiger partial charge is 0.229 e. The molecule has 0 bridgehead atoms. The molecule has 1 aromatic heterocycles. The van der Waals surface area contributed by atoms with Crippen LogP contribution in [0.15, 0.2) is 23.6 Å². The molecule has 1 saturated heterocycles. The Balaban J connectivity index is 0.00000180. The van der Waals surface area contributed by atoms with Gasteiger partial charge in [0.1, 0.15) is 13.2 Å². The second-order valence-electron chi connectivity index (χ2n) is 7.25. The average Bonchev–Trinajstić information content (AvgIpc) is 3.16. The third-order valence-corrected chi connectivity index (χ3v) is 6.44. The summed E-state index contributed by atoms with van der Waals surface area (Å²) in [6, 6.07) is 5.83. The number of thiazole rings is 1. The Labute approximate surface area is 168 Å². The second kappa shape index (κ2) is 7.30. The van der Waals surface area contributed by atoms with Crippen LogP contribution < -0.4 is 20.1 Å². The lowest BCUT2D eigenvalue weighted by molar-refractivity contribution is -0.118. The van der Waals surface area contributed by atoms with E-state index in [1.54, 1.807) is 0 Å². The highest BCUT2D eigenvalue weighted by Gasteiger charge is 2.57. The van der Waals surface area contributed by atoms with Gasteiger partial charge in [-0.3, -0.25) is 4.79 Å². The van der Waals surface area contributed by atoms with Gasteiger partial charge in [-0.05, 0) is 56.0 Å². The van der Waals surface area contributed by atoms with Gasteiger partial charge in [0.15, 0.2) is 16.6 Å². The van der Waals surface area contributed by atoms with Crippen molar-refractivity contribution in [3.05, 3.63) is 23.6 Å². The van der Waals surface area contributed by atoms with E-state index in [1.807, 2.05) is 23.6 Å². The van der Waals surface area contributed by atoms with Crippen molar-refractivity contribution >= 4 is 34.8 Å². The maximum atomic E-state index is 12.6. The number of piperidine rings is 1. The standard InChI is InChI=1S/C19H21N3O3S.ClH/c23-17(13-10-19(13)3-5-20-6-4-19)22-18-21-14(11-26-18)12-1-2-15-16(9-12)25-8-7-24-15;/h1-2,9,11,13,20H,3-8,10H2,(H,21,22,23);1H. The molecule has 1 unspecified atom stereocenters. The summed E-state index contributed by atoms with van der Waals surface area (Å²) >= 11 is 1.46. The third kappa shape index (κ3) is 3.51. The fourth-order valence-electron chi connectivity index (χ4n) is 4.05. The molecular weight excluding hydrogens is 386 g/mol. The number of benzene rings is 1. The lowest BCUT2D eigenvalue weighted by Crippen LogP contribution is -2.31. The summed E-state index contributed by atoms with van der Waals surface area (Å²) < 4.78 is 11.2. The van der Waals surface area contributed by atoms with Crippen LogP contribution in [0.1, 0.15) is 19.3 Å². The minimum atomic E-state index is 0. The van der Waals surface area contributed by atoms with Gasteiger partial charge >= 0.3 is 0 Å². The van der Waals surface area contributed by atoms with Gasteiger partial charge in [0.2, 0.25) is 5.91 Å². The molecular formula is C19H22ClN3O3S. The molecule has 2 fully saturated rings. The van der Waals surface area contributed by atoms with Gasteiger partial charge in [-0.2, -0.15) is 0 Å². The van der Waals surface area contributed by atoms with Crippen LogP contribution in [0.25, 0.3) is 11.3 Å². The first-order valence-corrected chi connectivity index (χ1v) is 9.99. The molecule has 1 spiro atoms. The van der Waals surface area contributed by atoms with E-state index in [-0.39, 0.29) is 29.6 Å². The van der Waals surface area contributed by atoms with Crippen molar-refractivity contribution in [1.82, 2.24) is 10.3 Å². The van der Waals surface area contributed by atoms with Crippen molar-refractivity contribution in [2.45, 2.75) is 19.3 Å². The number of amides is 1. The normalized spacial score (nSPS) is 22.0. The van der Waals surface area contributed by atoms with E-state index < -0.39 is 0 Å². The number of nitrogens with zero attached hydrogens (tertiary/aromatic N) is 1. The molecule has 2 aromatic rings. The Bertz CT molecular complexity index is 850. The molecule has 27 heavy (non-hydrogen) atoms. The summed E-state index contributed by atoms with van der Waals surface area (Å²) in [5.41, 5.74) is 2.05. The number of hydrogen-bond acceptors (Lipinski definition) is 6. The van der Waals surface area contributed by atoms with Crippen molar-refractivity contribution in [3.63, 3.8) is 0 Å². The Morgan fingerprint density at radius 2 is 2.00 bits per heavy atom. The van der Waals surface area contributed by atoms with E-state index in [4.69, 9.17) is 9.47 Å². The third-order valence-electron chi connectivity index (χ3n) is 5.68. The van der Waals surface area contributed by atoms with Crippen LogP contribution in [0.5, 0.6) is 11.5 Å². The lowest BCUT2D eigenvalue weighted by Gasteiger charge is -2.22. The number of rotatable bonds is 3. The Hall–Kier alpha value is -1.83. The summed E-state index contributed by atoms with van der Waals surface area (Å²) in [6.45, 7) is 3.19. The molecule has 1 saturated carbocycles. The van der Waals surface area contributed by atoms with E-state index in [1.165, 1.54) is 11.3 Å². The number of carbonyl (C=O) groups is 1. The van der Waals surface area contributed by atoms with Crippen LogP contribution in [-0.4, -0.2) is 37.2 Å². The Kier molecular flexibility index (Phi) is 5.01. The van der Waals surface area contributed by atoms with Crippen molar-refractivity contribution < 1.29 is 14.3 Å². The topological polar surface area (TPSA) is 72.5 Å². The fraction of sp³-hybridized carbons (Fsp3) is 0.474. The van der Waals surface area contributed by atoms with Gasteiger partial charge in [-0.25, -0.2) is 4.98 Å². The van der Waals surface area contributed by atoms with Crippen LogP contribution in [0.2, 0.25) is 0 Å². The average molecular weight is 408 g/mol. The van der Waals surface area contributed by atoms with Gasteiger partial charge < -0.3 is 20.1 Å². The number of aromatic nitrogens is 1. The van der Waals surface area contributed by atoms with Crippen molar-refractivity contribution in [2.24, 2.45) is 11.3 Å². The zero-order chi connectivity index (χ0) is 17.6. The van der Waals surface area contributed by atoms with Crippen LogP contribution in [0.3, 0.4) is 0 Å². The van der Waals surface area contributed by atoms with Crippen molar-refractivity contribution in [3.8, 4) is 22.8 Å². The maximum Gasteiger partial charge on any atom is 0.229 e. The predicted molar refractivity (Wildman–Crippen MR) is 107 cm³/mol. The number of nitrogens with one attached hydrogen (secondary N) is 2. The molecule has 1 amide bonds. The molecule has 8 heteroatoms. The number of anilines is 1. The quantitative estimate of drug-likeness (QED) is 0.816. The van der Waals surface area contributed by atoms with E-state index in [0.717, 1.165) is 55.1 Å². The summed E-state index contributed by atoms with van der Waals surface area (Å²) in [5, 5.41) is 9.02. The summed E-state index contributed by atoms with van der Waals surface area (Å²) in [6.07, 6.45) is 3.22. The molecule has 2 N–H and O–H groups in total. The number of halogens is 1. The Morgan fingerprint density at radius 3 is 2.81 bits per heavy atom. The maximum absolute atomic E-state index is 12.6. The first-order valence-electron chi connectivity index (χ1n) is 9.11. The molecule has 3 heterocycles. The SMILES string of the molecule is Cl.O=C(Nc1nc(-c2ccc3c(c2)OCCO3)cs1)C1CC12CCNCC2. The fourth-order valence-corrected chi connectivity index (χ4v) is 4.78. The highest BCUT2D eigenvalue weighted by atomic mass is 35.5. The van der Waals surface area contributed by atoms with Crippen LogP contribution in [-0.2, 0) is 4.79 Å². The zero-order valence-electron chi connectivity index (χ0n) is 14.8. The largest absolute Gasteiger partial charge is 0.486 e. The van der Waals surface area contributed by atoms with E-state index in [2.05, 4.69) is 15.6 Å². The van der Waals surface area contributed by atoms with Gasteiger partial charge in [0.05, 0.1) is 5.69 Å². The number of fused-ring (bicyclic) bond motifs is 1. The van der Waals surface area contributed by atoms with E-state index in [0.29, 0.717) is 18.3 Å². The van der Waals surface area contributed by atoms with E-state index in [9.17, 15) is 4.79 Å². The summed E-state index contributed by atoms with van der Waals surface area (Å²) in [4.78, 5) is 17.2. The molecule has 5 rings (SSSR count). The van der Waals surface area contributed by atoms with Crippen LogP contribution in [0.4, 0.5) is 5.13 Å². The molecule has 1 atom stereocenters. The molecule has 1 aliphatic carbocycles. The number of ether oxygens (including phenoxy) is 2. The van der Waals surface area contributed by atoms with Crippen molar-refractivity contribution in [1.29, 1.82) is 0 Å². The number of carbonyl (C=O) groups excluding carboxylic acids is 1. The van der Waals surface area contributed by atoms with Gasteiger partial charge in [-0.1, -0.05) is 0 Å². The Morgan fingerprint density at radius 1 is 1.22 bits per heavy atom.